The molecule has 8 heteroatoms. The summed E-state index contributed by atoms with van der Waals surface area (Å²) in [6.45, 7) is 0. The molecule has 8 nitrogen and oxygen atoms in total. The molecule has 70 heavy (non-hydrogen) atoms. The van der Waals surface area contributed by atoms with Crippen LogP contribution in [0.4, 0.5) is 0 Å². The van der Waals surface area contributed by atoms with E-state index in [0.717, 1.165) is 50.8 Å². The minimum Gasteiger partial charge on any atom is -0.237 e. The Kier molecular flexibility index (Phi) is 9.54. The van der Waals surface area contributed by atoms with Crippen molar-refractivity contribution < 1.29 is 0 Å². The van der Waals surface area contributed by atoms with E-state index in [4.69, 9.17) is 39.9 Å². The van der Waals surface area contributed by atoms with Gasteiger partial charge >= 0.3 is 0 Å². The van der Waals surface area contributed by atoms with Crippen LogP contribution in [0.2, 0.25) is 0 Å². The van der Waals surface area contributed by atoms with Crippen LogP contribution in [0.25, 0.3) is 102 Å². The first kappa shape index (κ1) is 40.7. The Hall–Kier alpha value is -8.36. The minimum absolute atomic E-state index is 0.0912. The second kappa shape index (κ2) is 16.4. The van der Waals surface area contributed by atoms with E-state index in [2.05, 4.69) is 84.9 Å². The van der Waals surface area contributed by atoms with Gasteiger partial charge in [-0.15, -0.1) is 0 Å². The summed E-state index contributed by atoms with van der Waals surface area (Å²) >= 11 is 0. The largest absolute Gasteiger partial charge is 0.237 e. The molecule has 0 radical (unpaired) electrons. The number of benzene rings is 7. The number of hydrogen-bond acceptors (Lipinski definition) is 8. The van der Waals surface area contributed by atoms with Crippen molar-refractivity contribution in [1.82, 2.24) is 39.9 Å². The van der Waals surface area contributed by atoms with Crippen molar-refractivity contribution in [2.24, 2.45) is 23.7 Å². The lowest BCUT2D eigenvalue weighted by Gasteiger charge is -2.61. The van der Waals surface area contributed by atoms with Crippen molar-refractivity contribution in [2.45, 2.75) is 37.5 Å². The average Bonchev–Trinajstić information content (AvgIpc) is 3.72. The standard InChI is InChI=1S/C62H46N8/c1-5-14-40(15-6-1)56-65-57(41-16-7-2-8-17-41)68-60(67-56)46-23-13-22-44(35-46)45-24-26-50-51-27-25-47(37-53(51)62(52(50)36-45)48-31-38-30-39(33-48)34-49(62)32-38)55-63-29-28-54(64-55)61-69-58(42-18-9-3-10-19-42)66-59(70-61)43-20-11-4-12-21-43/h1-29,35-39,48-49H,30-34H2. The molecule has 15 rings (SSSR count). The molecule has 5 aliphatic carbocycles. The van der Waals surface area contributed by atoms with Crippen molar-refractivity contribution in [3.8, 4) is 102 Å². The van der Waals surface area contributed by atoms with Crippen LogP contribution < -0.4 is 0 Å². The zero-order valence-electron chi connectivity index (χ0n) is 38.4. The van der Waals surface area contributed by atoms with E-state index >= 15 is 0 Å². The SMILES string of the molecule is c1ccc(-c2nc(-c3ccccc3)nc(-c3cccc(-c4ccc5c(c4)C4(c6cc(-c7nccc(-c8nc(-c9ccccc9)nc(-c9ccccc9)n8)n7)ccc6-5)C5CC6CC(C5)CC4C6)c3)n2)cc1. The summed E-state index contributed by atoms with van der Waals surface area (Å²) in [5, 5.41) is 0. The topological polar surface area (TPSA) is 103 Å². The van der Waals surface area contributed by atoms with Gasteiger partial charge in [0.25, 0.3) is 0 Å². The third-order valence-corrected chi connectivity index (χ3v) is 15.6. The summed E-state index contributed by atoms with van der Waals surface area (Å²) < 4.78 is 0. The smallest absolute Gasteiger partial charge is 0.182 e. The quantitative estimate of drug-likeness (QED) is 0.149. The Balaban J connectivity index is 0.865. The van der Waals surface area contributed by atoms with E-state index in [9.17, 15) is 0 Å². The first-order valence-electron chi connectivity index (χ1n) is 24.6. The lowest BCUT2D eigenvalue weighted by molar-refractivity contribution is -0.0399. The monoisotopic (exact) mass is 902 g/mol. The lowest BCUT2D eigenvalue weighted by Crippen LogP contribution is -2.55. The van der Waals surface area contributed by atoms with Crippen LogP contribution in [0.15, 0.2) is 194 Å². The fourth-order valence-corrected chi connectivity index (χ4v) is 12.8. The van der Waals surface area contributed by atoms with E-state index in [-0.39, 0.29) is 5.41 Å². The maximum atomic E-state index is 5.24. The van der Waals surface area contributed by atoms with Gasteiger partial charge < -0.3 is 0 Å². The number of hydrogen-bond donors (Lipinski definition) is 0. The molecular formula is C62H46N8. The summed E-state index contributed by atoms with van der Waals surface area (Å²) in [4.78, 5) is 40.2. The number of fused-ring (bicyclic) bond motifs is 3. The van der Waals surface area contributed by atoms with Crippen LogP contribution >= 0.6 is 0 Å². The molecule has 0 amide bonds. The van der Waals surface area contributed by atoms with Gasteiger partial charge in [-0.3, -0.25) is 0 Å². The van der Waals surface area contributed by atoms with Gasteiger partial charge in [-0.1, -0.05) is 164 Å². The van der Waals surface area contributed by atoms with Crippen molar-refractivity contribution in [1.29, 1.82) is 0 Å². The number of aromatic nitrogens is 8. The molecule has 4 fully saturated rings. The van der Waals surface area contributed by atoms with Gasteiger partial charge in [-0.05, 0) is 113 Å². The normalized spacial score (nSPS) is 20.3. The highest BCUT2D eigenvalue weighted by Gasteiger charge is 2.61. The van der Waals surface area contributed by atoms with Gasteiger partial charge in [0.1, 0.15) is 5.69 Å². The Morgan fingerprint density at radius 2 is 0.686 bits per heavy atom. The summed E-state index contributed by atoms with van der Waals surface area (Å²) in [5.41, 5.74) is 14.3. The second-order valence-electron chi connectivity index (χ2n) is 19.6. The molecule has 0 atom stereocenters. The molecule has 7 aromatic carbocycles. The van der Waals surface area contributed by atoms with Gasteiger partial charge in [0, 0.05) is 45.0 Å². The van der Waals surface area contributed by atoms with Gasteiger partial charge in [0.15, 0.2) is 40.8 Å². The summed E-state index contributed by atoms with van der Waals surface area (Å²) in [5.74, 6) is 7.14. The second-order valence-corrected chi connectivity index (χ2v) is 19.6. The molecule has 5 aliphatic rings. The molecule has 1 spiro atoms. The zero-order valence-corrected chi connectivity index (χ0v) is 38.4. The highest BCUT2D eigenvalue weighted by molar-refractivity contribution is 5.87. The van der Waals surface area contributed by atoms with Crippen LogP contribution in [0.5, 0.6) is 0 Å². The zero-order chi connectivity index (χ0) is 46.2. The van der Waals surface area contributed by atoms with E-state index in [1.54, 1.807) is 0 Å². The summed E-state index contributed by atoms with van der Waals surface area (Å²) in [7, 11) is 0. The van der Waals surface area contributed by atoms with Crippen LogP contribution in [-0.2, 0) is 5.41 Å². The Labute approximate surface area is 406 Å². The van der Waals surface area contributed by atoms with Crippen molar-refractivity contribution in [2.75, 3.05) is 0 Å². The molecule has 4 bridgehead atoms. The summed E-state index contributed by atoms with van der Waals surface area (Å²) in [6.07, 6.45) is 8.35. The first-order valence-corrected chi connectivity index (χ1v) is 24.6. The maximum absolute atomic E-state index is 5.24. The van der Waals surface area contributed by atoms with Crippen molar-refractivity contribution in [3.05, 3.63) is 205 Å². The highest BCUT2D eigenvalue weighted by Crippen LogP contribution is 2.69. The van der Waals surface area contributed by atoms with Gasteiger partial charge in [0.05, 0.1) is 0 Å². The third-order valence-electron chi connectivity index (χ3n) is 15.6. The van der Waals surface area contributed by atoms with Crippen molar-refractivity contribution >= 4 is 0 Å². The number of rotatable bonds is 8. The van der Waals surface area contributed by atoms with Crippen LogP contribution in [0.1, 0.15) is 43.2 Å². The molecule has 0 saturated heterocycles. The molecule has 0 aliphatic heterocycles. The molecular weight excluding hydrogens is 857 g/mol. The average molecular weight is 903 g/mol. The Bertz CT molecular complexity index is 3250. The predicted octanol–water partition coefficient (Wildman–Crippen LogP) is 13.9. The van der Waals surface area contributed by atoms with Crippen LogP contribution in [-0.4, -0.2) is 39.9 Å². The lowest BCUT2D eigenvalue weighted by atomic mass is 9.43. The molecule has 3 aromatic heterocycles. The molecule has 334 valence electrons. The number of nitrogens with zero attached hydrogens (tertiary/aromatic N) is 8. The van der Waals surface area contributed by atoms with E-state index in [1.807, 2.05) is 109 Å². The fourth-order valence-electron chi connectivity index (χ4n) is 12.8. The van der Waals surface area contributed by atoms with Gasteiger partial charge in [0.2, 0.25) is 0 Å². The van der Waals surface area contributed by atoms with E-state index in [0.29, 0.717) is 58.3 Å². The predicted molar refractivity (Wildman–Crippen MR) is 276 cm³/mol. The Morgan fingerprint density at radius 3 is 1.19 bits per heavy atom. The molecule has 4 saturated carbocycles. The highest BCUT2D eigenvalue weighted by atomic mass is 15.1. The molecule has 0 unspecified atom stereocenters. The molecule has 3 heterocycles. The van der Waals surface area contributed by atoms with Gasteiger partial charge in [-0.25, -0.2) is 39.9 Å². The van der Waals surface area contributed by atoms with E-state index in [1.165, 1.54) is 59.9 Å². The van der Waals surface area contributed by atoms with Crippen molar-refractivity contribution in [3.63, 3.8) is 0 Å². The van der Waals surface area contributed by atoms with E-state index < -0.39 is 0 Å². The van der Waals surface area contributed by atoms with Gasteiger partial charge in [-0.2, -0.15) is 0 Å². The maximum Gasteiger partial charge on any atom is 0.182 e. The third kappa shape index (κ3) is 6.80. The summed E-state index contributed by atoms with van der Waals surface area (Å²) in [6, 6.07) is 65.4. The minimum atomic E-state index is -0.0912. The molecule has 10 aromatic rings. The van der Waals surface area contributed by atoms with Crippen LogP contribution in [0.3, 0.4) is 0 Å². The Morgan fingerprint density at radius 1 is 0.300 bits per heavy atom. The van der Waals surface area contributed by atoms with Crippen LogP contribution in [0, 0.1) is 23.7 Å². The fraction of sp³-hybridized carbons (Fsp3) is 0.161. The first-order chi connectivity index (χ1) is 34.6. The molecule has 0 N–H and O–H groups in total.